The highest BCUT2D eigenvalue weighted by Crippen LogP contribution is 2.15. The number of ketones is 1. The van der Waals surface area contributed by atoms with Gasteiger partial charge in [0.05, 0.1) is 32.2 Å². The lowest BCUT2D eigenvalue weighted by atomic mass is 10.1. The van der Waals surface area contributed by atoms with Crippen LogP contribution in [0.3, 0.4) is 0 Å². The normalized spacial score (nSPS) is 15.4. The molecule has 368 valence electrons. The number of nitrogens with zero attached hydrogens (tertiary/aromatic N) is 5. The third-order valence-electron chi connectivity index (χ3n) is 11.1. The molecular formula is C45H64N8O14. The molecule has 3 rings (SSSR count). The zero-order chi connectivity index (χ0) is 49.5. The summed E-state index contributed by atoms with van der Waals surface area (Å²) >= 11 is 0. The fourth-order valence-electron chi connectivity index (χ4n) is 7.27. The molecule has 1 heterocycles. The molecule has 2 aromatic carbocycles. The highest BCUT2D eigenvalue weighted by Gasteiger charge is 2.25. The number of Topliss-reactive ketones (excluding diaryl/α,β-unsaturated/α-hetero) is 1. The number of amides is 4. The molecule has 0 bridgehead atoms. The number of urea groups is 1. The second kappa shape index (κ2) is 28.5. The standard InChI is InChI=1S/C45H64N8O14/c1-31-6-8-34(9-7-31)26-53(16-4-3-5-37(44(65)66)48-45(67)47-36(32(2)54)14-15-39(56)57)43(64)35-12-10-33(11-13-35)25-46-38(55)27-49-17-19-50(28-40(58)59)21-23-52(30-42(62)63)24-22-51(20-18-49)29-41(60)61/h6-13,36-37H,3-5,14-30H2,1-2H3,(H,46,55)(H,56,57)(H,58,59)(H,60,61)(H,62,63)(H,65,66)(H2,47,48,67)/t36-,37-/m1/s1. The molecule has 2 aromatic rings. The van der Waals surface area contributed by atoms with Gasteiger partial charge in [-0.3, -0.25) is 53.2 Å². The summed E-state index contributed by atoms with van der Waals surface area (Å²) in [5, 5.41) is 54.7. The number of nitrogens with one attached hydrogen (secondary N) is 3. The van der Waals surface area contributed by atoms with Crippen LogP contribution in [0.1, 0.15) is 66.1 Å². The van der Waals surface area contributed by atoms with Gasteiger partial charge in [-0.25, -0.2) is 9.59 Å². The van der Waals surface area contributed by atoms with Gasteiger partial charge >= 0.3 is 35.9 Å². The van der Waals surface area contributed by atoms with Crippen molar-refractivity contribution in [3.8, 4) is 0 Å². The van der Waals surface area contributed by atoms with Gasteiger partial charge in [-0.05, 0) is 62.8 Å². The van der Waals surface area contributed by atoms with E-state index in [4.69, 9.17) is 5.11 Å². The van der Waals surface area contributed by atoms with Crippen LogP contribution in [0.2, 0.25) is 0 Å². The largest absolute Gasteiger partial charge is 0.481 e. The minimum atomic E-state index is -1.32. The first kappa shape index (κ1) is 54.8. The van der Waals surface area contributed by atoms with E-state index in [-0.39, 0.29) is 129 Å². The number of carboxylic acid groups (broad SMARTS) is 5. The lowest BCUT2D eigenvalue weighted by Gasteiger charge is -2.32. The number of hydrogen-bond acceptors (Lipinski definition) is 13. The fraction of sp³-hybridized carbons (Fsp3) is 0.533. The predicted octanol–water partition coefficient (Wildman–Crippen LogP) is 0.474. The van der Waals surface area contributed by atoms with Crippen LogP contribution in [0.5, 0.6) is 0 Å². The van der Waals surface area contributed by atoms with E-state index in [1.807, 2.05) is 36.1 Å². The second-order valence-corrected chi connectivity index (χ2v) is 16.6. The Bertz CT molecular complexity index is 1970. The summed E-state index contributed by atoms with van der Waals surface area (Å²) in [5.74, 6) is -6.73. The van der Waals surface area contributed by atoms with Gasteiger partial charge < -0.3 is 46.4 Å². The van der Waals surface area contributed by atoms with Crippen LogP contribution < -0.4 is 16.0 Å². The van der Waals surface area contributed by atoms with Crippen molar-refractivity contribution in [2.45, 2.75) is 71.1 Å². The first-order valence-electron chi connectivity index (χ1n) is 22.0. The molecule has 0 saturated carbocycles. The Labute approximate surface area is 388 Å². The van der Waals surface area contributed by atoms with Gasteiger partial charge in [-0.1, -0.05) is 42.0 Å². The number of aryl methyl sites for hydroxylation is 1. The quantitative estimate of drug-likeness (QED) is 0.0628. The Hall–Kier alpha value is -6.49. The first-order valence-corrected chi connectivity index (χ1v) is 22.0. The molecule has 0 spiro atoms. The average molecular weight is 941 g/mol. The maximum atomic E-state index is 13.9. The van der Waals surface area contributed by atoms with Crippen LogP contribution in [-0.2, 0) is 46.7 Å². The van der Waals surface area contributed by atoms with Crippen molar-refractivity contribution in [2.24, 2.45) is 0 Å². The minimum Gasteiger partial charge on any atom is -0.481 e. The molecule has 1 saturated heterocycles. The van der Waals surface area contributed by atoms with Crippen molar-refractivity contribution in [3.05, 3.63) is 70.8 Å². The molecule has 0 radical (unpaired) electrons. The maximum Gasteiger partial charge on any atom is 0.326 e. The summed E-state index contributed by atoms with van der Waals surface area (Å²) < 4.78 is 0. The molecule has 1 fully saturated rings. The molecule has 67 heavy (non-hydrogen) atoms. The van der Waals surface area contributed by atoms with Gasteiger partial charge in [0.2, 0.25) is 5.91 Å². The summed E-state index contributed by atoms with van der Waals surface area (Å²) in [5.41, 5.74) is 2.97. The van der Waals surface area contributed by atoms with E-state index in [0.717, 1.165) is 11.1 Å². The molecule has 2 atom stereocenters. The molecule has 1 aliphatic heterocycles. The summed E-state index contributed by atoms with van der Waals surface area (Å²) in [6.45, 7) is 4.92. The van der Waals surface area contributed by atoms with Gasteiger partial charge in [0.25, 0.3) is 5.91 Å². The average Bonchev–Trinajstić information content (AvgIpc) is 3.25. The molecule has 22 nitrogen and oxygen atoms in total. The molecule has 0 aromatic heterocycles. The van der Waals surface area contributed by atoms with E-state index < -0.39 is 53.7 Å². The molecular weight excluding hydrogens is 877 g/mol. The van der Waals surface area contributed by atoms with Crippen molar-refractivity contribution in [3.63, 3.8) is 0 Å². The first-order chi connectivity index (χ1) is 31.8. The van der Waals surface area contributed by atoms with Gasteiger partial charge in [-0.2, -0.15) is 0 Å². The fourth-order valence-corrected chi connectivity index (χ4v) is 7.27. The van der Waals surface area contributed by atoms with Gasteiger partial charge in [0.1, 0.15) is 6.04 Å². The third kappa shape index (κ3) is 22.0. The number of unbranched alkanes of at least 4 members (excludes halogenated alkanes) is 1. The SMILES string of the molecule is CC(=O)[C@@H](CCC(=O)O)NC(=O)N[C@H](CCCCN(Cc1ccc(C)cc1)C(=O)c1ccc(CNC(=O)CN2CCN(CC(=O)O)CCN(CC(=O)O)CCN(CC(=O)O)CC2)cc1)C(=O)O. The highest BCUT2D eigenvalue weighted by atomic mass is 16.4. The molecule has 22 heteroatoms. The van der Waals surface area contributed by atoms with Crippen molar-refractivity contribution in [2.75, 3.05) is 85.1 Å². The Kier molecular flexibility index (Phi) is 23.3. The number of benzene rings is 2. The van der Waals surface area contributed by atoms with Crippen molar-refractivity contribution in [1.82, 2.24) is 40.4 Å². The lowest BCUT2D eigenvalue weighted by Crippen LogP contribution is -2.50. The van der Waals surface area contributed by atoms with E-state index in [9.17, 15) is 63.6 Å². The molecule has 0 aliphatic carbocycles. The van der Waals surface area contributed by atoms with Crippen LogP contribution >= 0.6 is 0 Å². The number of hydrogen-bond donors (Lipinski definition) is 8. The second-order valence-electron chi connectivity index (χ2n) is 16.6. The summed E-state index contributed by atoms with van der Waals surface area (Å²) in [4.78, 5) is 118. The topological polar surface area (TPSA) is 307 Å². The monoisotopic (exact) mass is 940 g/mol. The number of carbonyl (C=O) groups is 9. The number of carboxylic acids is 5. The molecule has 1 aliphatic rings. The van der Waals surface area contributed by atoms with Crippen molar-refractivity contribution >= 4 is 53.5 Å². The zero-order valence-corrected chi connectivity index (χ0v) is 38.1. The van der Waals surface area contributed by atoms with E-state index in [2.05, 4.69) is 16.0 Å². The smallest absolute Gasteiger partial charge is 0.326 e. The van der Waals surface area contributed by atoms with Gasteiger partial charge in [0.15, 0.2) is 5.78 Å². The van der Waals surface area contributed by atoms with Crippen LogP contribution in [0.15, 0.2) is 48.5 Å². The van der Waals surface area contributed by atoms with Crippen LogP contribution in [0, 0.1) is 6.92 Å². The zero-order valence-electron chi connectivity index (χ0n) is 38.1. The van der Waals surface area contributed by atoms with E-state index in [0.29, 0.717) is 24.0 Å². The van der Waals surface area contributed by atoms with Gasteiger partial charge in [0, 0.05) is 84.0 Å². The van der Waals surface area contributed by atoms with Crippen molar-refractivity contribution in [1.29, 1.82) is 0 Å². The maximum absolute atomic E-state index is 13.9. The Morgan fingerprint density at radius 1 is 0.582 bits per heavy atom. The number of carbonyl (C=O) groups excluding carboxylic acids is 4. The highest BCUT2D eigenvalue weighted by molar-refractivity contribution is 5.94. The Balaban J connectivity index is 1.64. The molecule has 8 N–H and O–H groups in total. The van der Waals surface area contributed by atoms with Crippen molar-refractivity contribution < 1.29 is 68.7 Å². The Morgan fingerprint density at radius 2 is 1.04 bits per heavy atom. The van der Waals surface area contributed by atoms with Gasteiger partial charge in [-0.15, -0.1) is 0 Å². The van der Waals surface area contributed by atoms with E-state index >= 15 is 0 Å². The third-order valence-corrected chi connectivity index (χ3v) is 11.1. The number of aliphatic carboxylic acids is 5. The van der Waals surface area contributed by atoms with Crippen LogP contribution in [0.4, 0.5) is 4.79 Å². The molecule has 4 amide bonds. The summed E-state index contributed by atoms with van der Waals surface area (Å²) in [7, 11) is 0. The van der Waals surface area contributed by atoms with E-state index in [1.165, 1.54) is 6.92 Å². The van der Waals surface area contributed by atoms with Crippen LogP contribution in [0.25, 0.3) is 0 Å². The summed E-state index contributed by atoms with van der Waals surface area (Å²) in [6.07, 6.45) is 0.165. The van der Waals surface area contributed by atoms with E-state index in [1.54, 1.807) is 43.9 Å². The van der Waals surface area contributed by atoms with Crippen LogP contribution in [-0.4, -0.2) is 201 Å². The Morgan fingerprint density at radius 3 is 1.49 bits per heavy atom. The summed E-state index contributed by atoms with van der Waals surface area (Å²) in [6, 6.07) is 11.0. The lowest BCUT2D eigenvalue weighted by molar-refractivity contribution is -0.140. The minimum absolute atomic E-state index is 0.00866. The predicted molar refractivity (Wildman–Crippen MR) is 241 cm³/mol. The molecule has 0 unspecified atom stereocenters. The number of rotatable bonds is 25.